The summed E-state index contributed by atoms with van der Waals surface area (Å²) in [6.07, 6.45) is -2.47. The number of hydrogen-bond donors (Lipinski definition) is 0. The largest absolute Gasteiger partial charge is 0.295 e. The number of benzene rings is 1. The van der Waals surface area contributed by atoms with Gasteiger partial charge in [-0.25, -0.2) is 8.78 Å². The third-order valence-corrected chi connectivity index (χ3v) is 1.91. The van der Waals surface area contributed by atoms with Crippen LogP contribution in [0, 0.1) is 6.92 Å². The fourth-order valence-electron chi connectivity index (χ4n) is 1.14. The lowest BCUT2D eigenvalue weighted by molar-refractivity contribution is 0.101. The molecule has 1 aromatic rings. The number of Topliss-reactive ketones (excluding diaryl/α,β-unsaturated/α-hetero) is 1. The second-order valence-corrected chi connectivity index (χ2v) is 2.93. The highest BCUT2D eigenvalue weighted by molar-refractivity contribution is 5.94. The normalized spacial score (nSPS) is 10.5. The van der Waals surface area contributed by atoms with Crippen LogP contribution in [0.4, 0.5) is 8.78 Å². The van der Waals surface area contributed by atoms with Crippen molar-refractivity contribution >= 4 is 5.78 Å². The molecule has 0 heterocycles. The molecule has 0 N–H and O–H groups in total. The van der Waals surface area contributed by atoms with Gasteiger partial charge in [0, 0.05) is 11.1 Å². The first-order chi connectivity index (χ1) is 6.02. The maximum atomic E-state index is 12.3. The van der Waals surface area contributed by atoms with Gasteiger partial charge in [0.25, 0.3) is 6.43 Å². The van der Waals surface area contributed by atoms with Crippen molar-refractivity contribution < 1.29 is 13.6 Å². The second-order valence-electron chi connectivity index (χ2n) is 2.93. The van der Waals surface area contributed by atoms with Crippen molar-refractivity contribution in [2.45, 2.75) is 20.3 Å². The summed E-state index contributed by atoms with van der Waals surface area (Å²) in [6, 6.07) is 4.22. The number of aryl methyl sites for hydroxylation is 1. The molecule has 0 aliphatic rings. The number of ketones is 1. The van der Waals surface area contributed by atoms with Gasteiger partial charge < -0.3 is 0 Å². The van der Waals surface area contributed by atoms with Crippen LogP contribution in [0.5, 0.6) is 0 Å². The second kappa shape index (κ2) is 3.64. The van der Waals surface area contributed by atoms with Crippen molar-refractivity contribution in [3.05, 3.63) is 34.9 Å². The molecule has 3 heteroatoms. The van der Waals surface area contributed by atoms with Crippen molar-refractivity contribution in [2.24, 2.45) is 0 Å². The molecule has 0 saturated heterocycles. The van der Waals surface area contributed by atoms with Gasteiger partial charge >= 0.3 is 0 Å². The monoisotopic (exact) mass is 184 g/mol. The molecule has 0 unspecified atom stereocenters. The van der Waals surface area contributed by atoms with Crippen LogP contribution in [-0.4, -0.2) is 5.78 Å². The molecule has 0 aromatic heterocycles. The van der Waals surface area contributed by atoms with Crippen LogP contribution in [0.1, 0.15) is 34.8 Å². The molecule has 0 aliphatic heterocycles. The molecule has 0 fully saturated rings. The Kier molecular flexibility index (Phi) is 2.76. The topological polar surface area (TPSA) is 17.1 Å². The van der Waals surface area contributed by atoms with Crippen molar-refractivity contribution in [3.8, 4) is 0 Å². The minimum absolute atomic E-state index is 0.00926. The zero-order valence-corrected chi connectivity index (χ0v) is 7.47. The average Bonchev–Trinajstić information content (AvgIpc) is 2.03. The summed E-state index contributed by atoms with van der Waals surface area (Å²) in [5.41, 5.74) is 0.926. The molecule has 0 saturated carbocycles. The Bertz CT molecular complexity index is 332. The molecule has 1 aromatic carbocycles. The fraction of sp³-hybridized carbons (Fsp3) is 0.300. The van der Waals surface area contributed by atoms with Gasteiger partial charge in [0.15, 0.2) is 5.78 Å². The first-order valence-electron chi connectivity index (χ1n) is 3.92. The molecule has 0 bridgehead atoms. The van der Waals surface area contributed by atoms with E-state index in [1.54, 1.807) is 6.92 Å². The third-order valence-electron chi connectivity index (χ3n) is 1.91. The molecule has 0 spiro atoms. The Morgan fingerprint density at radius 2 is 2.00 bits per heavy atom. The highest BCUT2D eigenvalue weighted by atomic mass is 19.3. The summed E-state index contributed by atoms with van der Waals surface area (Å²) in [5, 5.41) is 0. The van der Waals surface area contributed by atoms with Crippen LogP contribution in [0.15, 0.2) is 18.2 Å². The Balaban J connectivity index is 3.13. The van der Waals surface area contributed by atoms with E-state index in [0.29, 0.717) is 11.1 Å². The summed E-state index contributed by atoms with van der Waals surface area (Å²) in [5.74, 6) is -0.107. The summed E-state index contributed by atoms with van der Waals surface area (Å²) in [7, 11) is 0. The highest BCUT2D eigenvalue weighted by Crippen LogP contribution is 2.23. The van der Waals surface area contributed by atoms with Gasteiger partial charge in [-0.1, -0.05) is 12.1 Å². The average molecular weight is 184 g/mol. The Morgan fingerprint density at radius 1 is 1.38 bits per heavy atom. The summed E-state index contributed by atoms with van der Waals surface area (Å²) in [4.78, 5) is 10.9. The molecule has 70 valence electrons. The molecular formula is C10H10F2O. The fourth-order valence-corrected chi connectivity index (χ4v) is 1.14. The van der Waals surface area contributed by atoms with Crippen molar-refractivity contribution in [2.75, 3.05) is 0 Å². The van der Waals surface area contributed by atoms with E-state index in [-0.39, 0.29) is 11.3 Å². The van der Waals surface area contributed by atoms with E-state index >= 15 is 0 Å². The van der Waals surface area contributed by atoms with Crippen LogP contribution in [0.25, 0.3) is 0 Å². The van der Waals surface area contributed by atoms with E-state index in [1.165, 1.54) is 25.1 Å². The highest BCUT2D eigenvalue weighted by Gasteiger charge is 2.11. The van der Waals surface area contributed by atoms with Gasteiger partial charge in [-0.3, -0.25) is 4.79 Å². The lowest BCUT2D eigenvalue weighted by Crippen LogP contribution is -1.96. The van der Waals surface area contributed by atoms with E-state index < -0.39 is 6.43 Å². The van der Waals surface area contributed by atoms with E-state index in [0.717, 1.165) is 0 Å². The molecular weight excluding hydrogens is 174 g/mol. The van der Waals surface area contributed by atoms with Crippen LogP contribution in [-0.2, 0) is 0 Å². The van der Waals surface area contributed by atoms with E-state index in [2.05, 4.69) is 0 Å². The summed E-state index contributed by atoms with van der Waals surface area (Å²) >= 11 is 0. The Hall–Kier alpha value is -1.25. The lowest BCUT2D eigenvalue weighted by Gasteiger charge is -2.05. The van der Waals surface area contributed by atoms with Crippen molar-refractivity contribution in [1.29, 1.82) is 0 Å². The zero-order chi connectivity index (χ0) is 10.0. The third kappa shape index (κ3) is 2.11. The van der Waals surface area contributed by atoms with E-state index in [1.807, 2.05) is 0 Å². The number of carbonyl (C=O) groups is 1. The number of halogens is 2. The van der Waals surface area contributed by atoms with Crippen LogP contribution in [0.3, 0.4) is 0 Å². The van der Waals surface area contributed by atoms with Gasteiger partial charge in [0.05, 0.1) is 0 Å². The number of hydrogen-bond acceptors (Lipinski definition) is 1. The van der Waals surface area contributed by atoms with Gasteiger partial charge in [-0.05, 0) is 25.5 Å². The van der Waals surface area contributed by atoms with Gasteiger partial charge in [0.2, 0.25) is 0 Å². The maximum absolute atomic E-state index is 12.3. The molecule has 0 atom stereocenters. The van der Waals surface area contributed by atoms with Crippen molar-refractivity contribution in [3.63, 3.8) is 0 Å². The molecule has 0 amide bonds. The molecule has 13 heavy (non-hydrogen) atoms. The van der Waals surface area contributed by atoms with Crippen LogP contribution >= 0.6 is 0 Å². The Labute approximate surface area is 75.4 Å². The first kappa shape index (κ1) is 9.84. The minimum atomic E-state index is -2.47. The van der Waals surface area contributed by atoms with Gasteiger partial charge in [-0.15, -0.1) is 0 Å². The standard InChI is InChI=1S/C10H10F2O/c1-6-5-8(7(2)13)3-4-9(6)10(11)12/h3-5,10H,1-2H3. The SMILES string of the molecule is CC(=O)c1ccc(C(F)F)c(C)c1. The Morgan fingerprint density at radius 3 is 2.38 bits per heavy atom. The predicted molar refractivity (Wildman–Crippen MR) is 46.1 cm³/mol. The smallest absolute Gasteiger partial charge is 0.264 e. The van der Waals surface area contributed by atoms with Gasteiger partial charge in [-0.2, -0.15) is 0 Å². The van der Waals surface area contributed by atoms with E-state index in [9.17, 15) is 13.6 Å². The molecule has 1 rings (SSSR count). The minimum Gasteiger partial charge on any atom is -0.295 e. The number of alkyl halides is 2. The molecule has 0 radical (unpaired) electrons. The van der Waals surface area contributed by atoms with Gasteiger partial charge in [0.1, 0.15) is 0 Å². The van der Waals surface area contributed by atoms with Crippen molar-refractivity contribution in [1.82, 2.24) is 0 Å². The zero-order valence-electron chi connectivity index (χ0n) is 7.47. The van der Waals surface area contributed by atoms with Crippen LogP contribution in [0.2, 0.25) is 0 Å². The quantitative estimate of drug-likeness (QED) is 0.645. The first-order valence-corrected chi connectivity index (χ1v) is 3.92. The van der Waals surface area contributed by atoms with Crippen LogP contribution < -0.4 is 0 Å². The molecule has 1 nitrogen and oxygen atoms in total. The lowest BCUT2D eigenvalue weighted by atomic mass is 10.0. The van der Waals surface area contributed by atoms with E-state index in [4.69, 9.17) is 0 Å². The maximum Gasteiger partial charge on any atom is 0.264 e. The summed E-state index contributed by atoms with van der Waals surface area (Å²) < 4.78 is 24.6. The summed E-state index contributed by atoms with van der Waals surface area (Å²) in [6.45, 7) is 2.99. The number of carbonyl (C=O) groups excluding carboxylic acids is 1. The predicted octanol–water partition coefficient (Wildman–Crippen LogP) is 3.14. The number of rotatable bonds is 2. The molecule has 0 aliphatic carbocycles.